The second kappa shape index (κ2) is 8.66. The van der Waals surface area contributed by atoms with E-state index in [2.05, 4.69) is 16.0 Å². The van der Waals surface area contributed by atoms with Crippen molar-refractivity contribution in [3.8, 4) is 0 Å². The van der Waals surface area contributed by atoms with E-state index >= 15 is 0 Å². The number of hydrogen-bond donors (Lipinski definition) is 3. The smallest absolute Gasteiger partial charge is 0.317 e. The molecule has 4 amide bonds. The molecule has 0 bridgehead atoms. The highest BCUT2D eigenvalue weighted by atomic mass is 16.2. The molecule has 3 N–H and O–H groups in total. The van der Waals surface area contributed by atoms with E-state index in [-0.39, 0.29) is 24.4 Å². The summed E-state index contributed by atoms with van der Waals surface area (Å²) < 4.78 is 0. The lowest BCUT2D eigenvalue weighted by atomic mass is 10.1. The zero-order valence-corrected chi connectivity index (χ0v) is 15.0. The molecule has 2 aromatic carbocycles. The van der Waals surface area contributed by atoms with Crippen molar-refractivity contribution in [2.24, 2.45) is 0 Å². The Morgan fingerprint density at radius 3 is 2.15 bits per heavy atom. The number of amides is 4. The number of benzene rings is 2. The summed E-state index contributed by atoms with van der Waals surface area (Å²) in [5, 5.41) is 7.94. The van der Waals surface area contributed by atoms with Gasteiger partial charge < -0.3 is 20.9 Å². The summed E-state index contributed by atoms with van der Waals surface area (Å²) in [7, 11) is 3.18. The molecule has 0 spiro atoms. The molecule has 0 aromatic heterocycles. The van der Waals surface area contributed by atoms with Gasteiger partial charge in [-0.05, 0) is 37.3 Å². The van der Waals surface area contributed by atoms with Gasteiger partial charge in [0.15, 0.2) is 0 Å². The van der Waals surface area contributed by atoms with Crippen LogP contribution in [0.25, 0.3) is 0 Å². The van der Waals surface area contributed by atoms with Crippen molar-refractivity contribution in [2.75, 3.05) is 31.3 Å². The van der Waals surface area contributed by atoms with Crippen LogP contribution in [0.2, 0.25) is 0 Å². The molecule has 136 valence electrons. The molecule has 2 rings (SSSR count). The number of rotatable bonds is 5. The highest BCUT2D eigenvalue weighted by molar-refractivity contribution is 6.04. The van der Waals surface area contributed by atoms with Crippen LogP contribution in [0.4, 0.5) is 16.2 Å². The standard InChI is InChI=1S/C19H22N4O3/c1-13-7-9-14(10-8-13)18(25)22-16-6-4-5-15(11-16)21-17(24)12-20-19(26)23(2)3/h4-11H,12H2,1-3H3,(H,20,26)(H,21,24)(H,22,25). The van der Waals surface area contributed by atoms with Crippen LogP contribution in [-0.2, 0) is 4.79 Å². The first-order valence-corrected chi connectivity index (χ1v) is 8.08. The van der Waals surface area contributed by atoms with Crippen LogP contribution in [0, 0.1) is 6.92 Å². The first-order chi connectivity index (χ1) is 12.3. The fourth-order valence-corrected chi connectivity index (χ4v) is 2.10. The first kappa shape index (κ1) is 19.0. The van der Waals surface area contributed by atoms with E-state index in [9.17, 15) is 14.4 Å². The van der Waals surface area contributed by atoms with Crippen molar-refractivity contribution in [3.05, 3.63) is 59.7 Å². The molecule has 0 aliphatic heterocycles. The maximum atomic E-state index is 12.2. The second-order valence-electron chi connectivity index (χ2n) is 6.00. The number of nitrogens with one attached hydrogen (secondary N) is 3. The number of urea groups is 1. The van der Waals surface area contributed by atoms with Crippen molar-refractivity contribution < 1.29 is 14.4 Å². The predicted molar refractivity (Wildman–Crippen MR) is 101 cm³/mol. The Morgan fingerprint density at radius 1 is 0.923 bits per heavy atom. The molecule has 0 unspecified atom stereocenters. The van der Waals surface area contributed by atoms with E-state index in [1.807, 2.05) is 19.1 Å². The monoisotopic (exact) mass is 354 g/mol. The maximum Gasteiger partial charge on any atom is 0.317 e. The molecule has 0 aliphatic rings. The minimum absolute atomic E-state index is 0.142. The van der Waals surface area contributed by atoms with Crippen LogP contribution in [0.1, 0.15) is 15.9 Å². The van der Waals surface area contributed by atoms with Crippen LogP contribution < -0.4 is 16.0 Å². The Hall–Kier alpha value is -3.35. The average Bonchev–Trinajstić information content (AvgIpc) is 2.60. The number of anilines is 2. The van der Waals surface area contributed by atoms with E-state index in [0.29, 0.717) is 16.9 Å². The van der Waals surface area contributed by atoms with E-state index in [1.54, 1.807) is 50.5 Å². The molecular weight excluding hydrogens is 332 g/mol. The number of carbonyl (C=O) groups excluding carboxylic acids is 3. The summed E-state index contributed by atoms with van der Waals surface area (Å²) in [5.41, 5.74) is 2.71. The van der Waals surface area contributed by atoms with Crippen molar-refractivity contribution in [2.45, 2.75) is 6.92 Å². The third-order valence-electron chi connectivity index (χ3n) is 3.52. The fraction of sp³-hybridized carbons (Fsp3) is 0.211. The molecule has 0 aliphatic carbocycles. The van der Waals surface area contributed by atoms with E-state index in [1.165, 1.54) is 4.90 Å². The second-order valence-corrected chi connectivity index (χ2v) is 6.00. The van der Waals surface area contributed by atoms with E-state index in [4.69, 9.17) is 0 Å². The highest BCUT2D eigenvalue weighted by Crippen LogP contribution is 2.16. The van der Waals surface area contributed by atoms with Gasteiger partial charge in [-0.2, -0.15) is 0 Å². The third-order valence-corrected chi connectivity index (χ3v) is 3.52. The summed E-state index contributed by atoms with van der Waals surface area (Å²) >= 11 is 0. The number of aryl methyl sites for hydroxylation is 1. The highest BCUT2D eigenvalue weighted by Gasteiger charge is 2.09. The fourth-order valence-electron chi connectivity index (χ4n) is 2.10. The quantitative estimate of drug-likeness (QED) is 0.770. The van der Waals surface area contributed by atoms with Crippen molar-refractivity contribution >= 4 is 29.2 Å². The topological polar surface area (TPSA) is 90.5 Å². The summed E-state index contributed by atoms with van der Waals surface area (Å²) in [6.45, 7) is 1.81. The average molecular weight is 354 g/mol. The van der Waals surface area contributed by atoms with Gasteiger partial charge in [-0.25, -0.2) is 4.79 Å². The Kier molecular flexibility index (Phi) is 6.32. The molecule has 7 nitrogen and oxygen atoms in total. The lowest BCUT2D eigenvalue weighted by Crippen LogP contribution is -2.39. The molecular formula is C19H22N4O3. The van der Waals surface area contributed by atoms with Gasteiger partial charge in [0, 0.05) is 31.0 Å². The Balaban J connectivity index is 1.94. The minimum Gasteiger partial charge on any atom is -0.331 e. The molecule has 0 saturated carbocycles. The zero-order chi connectivity index (χ0) is 19.1. The summed E-state index contributed by atoms with van der Waals surface area (Å²) in [5.74, 6) is -0.589. The summed E-state index contributed by atoms with van der Waals surface area (Å²) in [6.07, 6.45) is 0. The van der Waals surface area contributed by atoms with Gasteiger partial charge in [0.25, 0.3) is 5.91 Å². The van der Waals surface area contributed by atoms with E-state index < -0.39 is 0 Å². The van der Waals surface area contributed by atoms with Gasteiger partial charge >= 0.3 is 6.03 Å². The van der Waals surface area contributed by atoms with Gasteiger partial charge in [-0.3, -0.25) is 9.59 Å². The van der Waals surface area contributed by atoms with Crippen LogP contribution in [-0.4, -0.2) is 43.4 Å². The van der Waals surface area contributed by atoms with Gasteiger partial charge in [-0.1, -0.05) is 23.8 Å². The van der Waals surface area contributed by atoms with Crippen LogP contribution in [0.5, 0.6) is 0 Å². The molecule has 2 aromatic rings. The van der Waals surface area contributed by atoms with Gasteiger partial charge in [0.05, 0.1) is 6.54 Å². The third kappa shape index (κ3) is 5.62. The van der Waals surface area contributed by atoms with E-state index in [0.717, 1.165) is 5.56 Å². The van der Waals surface area contributed by atoms with Gasteiger partial charge in [0.1, 0.15) is 0 Å². The summed E-state index contributed by atoms with van der Waals surface area (Å²) in [4.78, 5) is 36.9. The summed E-state index contributed by atoms with van der Waals surface area (Å²) in [6, 6.07) is 13.7. The van der Waals surface area contributed by atoms with Crippen LogP contribution in [0.15, 0.2) is 48.5 Å². The molecule has 0 saturated heterocycles. The SMILES string of the molecule is Cc1ccc(C(=O)Nc2cccc(NC(=O)CNC(=O)N(C)C)c2)cc1. The largest absolute Gasteiger partial charge is 0.331 e. The Bertz CT molecular complexity index is 801. The number of nitrogens with zero attached hydrogens (tertiary/aromatic N) is 1. The minimum atomic E-state index is -0.359. The molecule has 0 heterocycles. The lowest BCUT2D eigenvalue weighted by Gasteiger charge is -2.12. The molecule has 26 heavy (non-hydrogen) atoms. The number of hydrogen-bond acceptors (Lipinski definition) is 3. The first-order valence-electron chi connectivity index (χ1n) is 8.08. The normalized spacial score (nSPS) is 9.96. The molecule has 0 atom stereocenters. The van der Waals surface area contributed by atoms with Gasteiger partial charge in [-0.15, -0.1) is 0 Å². The Morgan fingerprint density at radius 2 is 1.54 bits per heavy atom. The molecule has 7 heteroatoms. The Labute approximate surface area is 152 Å². The van der Waals surface area contributed by atoms with Crippen molar-refractivity contribution in [1.82, 2.24) is 10.2 Å². The zero-order valence-electron chi connectivity index (χ0n) is 15.0. The predicted octanol–water partition coefficient (Wildman–Crippen LogP) is 2.46. The van der Waals surface area contributed by atoms with Crippen LogP contribution >= 0.6 is 0 Å². The van der Waals surface area contributed by atoms with Crippen LogP contribution in [0.3, 0.4) is 0 Å². The number of carbonyl (C=O) groups is 3. The lowest BCUT2D eigenvalue weighted by molar-refractivity contribution is -0.115. The maximum absolute atomic E-state index is 12.2. The van der Waals surface area contributed by atoms with Crippen molar-refractivity contribution in [1.29, 1.82) is 0 Å². The molecule has 0 radical (unpaired) electrons. The molecule has 0 fully saturated rings. The van der Waals surface area contributed by atoms with Crippen molar-refractivity contribution in [3.63, 3.8) is 0 Å². The van der Waals surface area contributed by atoms with Gasteiger partial charge in [0.2, 0.25) is 5.91 Å².